The number of allylic oxidation sites excluding steroid dienone is 3. The number of carbonyl (C=O) groups is 2. The Morgan fingerprint density at radius 3 is 2.35 bits per heavy atom. The zero-order valence-electron chi connectivity index (χ0n) is 18.2. The van der Waals surface area contributed by atoms with Gasteiger partial charge >= 0.3 is 0 Å². The summed E-state index contributed by atoms with van der Waals surface area (Å²) >= 11 is 6.30. The standard InChI is InChI=1S/C25H26ClN3O2/c1-5-29(6-2)19-12-13-20(16(3)14-19)27-21-15-22(24(30)23(26)17(21)4)28-25(31)18-10-8-7-9-11-18/h7-15H,5-6H2,1-4H3,(H,28,31). The van der Waals surface area contributed by atoms with Crippen molar-refractivity contribution < 1.29 is 9.59 Å². The number of benzene rings is 2. The van der Waals surface area contributed by atoms with Crippen LogP contribution in [0, 0.1) is 6.92 Å². The van der Waals surface area contributed by atoms with E-state index in [-0.39, 0.29) is 16.6 Å². The molecule has 2 aromatic rings. The van der Waals surface area contributed by atoms with E-state index in [0.717, 1.165) is 30.0 Å². The van der Waals surface area contributed by atoms with Crippen LogP contribution in [0.25, 0.3) is 0 Å². The fourth-order valence-electron chi connectivity index (χ4n) is 3.38. The summed E-state index contributed by atoms with van der Waals surface area (Å²) in [7, 11) is 0. The molecule has 5 nitrogen and oxygen atoms in total. The van der Waals surface area contributed by atoms with Crippen LogP contribution in [0.3, 0.4) is 0 Å². The molecule has 0 atom stereocenters. The third-order valence-corrected chi connectivity index (χ3v) is 5.73. The van der Waals surface area contributed by atoms with Gasteiger partial charge in [-0.05, 0) is 75.2 Å². The molecule has 0 radical (unpaired) electrons. The Kier molecular flexibility index (Phi) is 7.08. The number of nitrogens with zero attached hydrogens (tertiary/aromatic N) is 2. The second-order valence-corrected chi connectivity index (χ2v) is 7.66. The van der Waals surface area contributed by atoms with Gasteiger partial charge in [0.2, 0.25) is 5.78 Å². The van der Waals surface area contributed by atoms with E-state index in [9.17, 15) is 9.59 Å². The molecule has 0 saturated carbocycles. The van der Waals surface area contributed by atoms with Gasteiger partial charge in [-0.25, -0.2) is 4.99 Å². The van der Waals surface area contributed by atoms with Crippen molar-refractivity contribution in [3.63, 3.8) is 0 Å². The molecular weight excluding hydrogens is 410 g/mol. The lowest BCUT2D eigenvalue weighted by molar-refractivity contribution is -0.112. The first-order chi connectivity index (χ1) is 14.8. The second-order valence-electron chi connectivity index (χ2n) is 7.29. The van der Waals surface area contributed by atoms with Gasteiger partial charge < -0.3 is 10.2 Å². The number of carbonyl (C=O) groups excluding carboxylic acids is 2. The van der Waals surface area contributed by atoms with Gasteiger partial charge in [-0.15, -0.1) is 0 Å². The number of halogens is 1. The van der Waals surface area contributed by atoms with Crippen LogP contribution in [0.1, 0.15) is 36.7 Å². The first-order valence-electron chi connectivity index (χ1n) is 10.3. The smallest absolute Gasteiger partial charge is 0.255 e. The minimum atomic E-state index is -0.420. The van der Waals surface area contributed by atoms with Crippen molar-refractivity contribution in [1.29, 1.82) is 0 Å². The van der Waals surface area contributed by atoms with Crippen LogP contribution in [-0.2, 0) is 4.79 Å². The highest BCUT2D eigenvalue weighted by molar-refractivity contribution is 6.49. The Hall–Kier alpha value is -3.18. The lowest BCUT2D eigenvalue weighted by Crippen LogP contribution is -2.31. The summed E-state index contributed by atoms with van der Waals surface area (Å²) < 4.78 is 0. The predicted molar refractivity (Wildman–Crippen MR) is 127 cm³/mol. The number of rotatable bonds is 6. The summed E-state index contributed by atoms with van der Waals surface area (Å²) in [6.45, 7) is 9.86. The Morgan fingerprint density at radius 2 is 1.74 bits per heavy atom. The zero-order valence-corrected chi connectivity index (χ0v) is 19.0. The minimum Gasteiger partial charge on any atom is -0.372 e. The van der Waals surface area contributed by atoms with E-state index in [1.54, 1.807) is 37.3 Å². The van der Waals surface area contributed by atoms with Gasteiger partial charge in [0.1, 0.15) is 0 Å². The molecule has 6 heteroatoms. The molecule has 160 valence electrons. The highest BCUT2D eigenvalue weighted by Crippen LogP contribution is 2.28. The Labute approximate surface area is 188 Å². The maximum Gasteiger partial charge on any atom is 0.255 e. The highest BCUT2D eigenvalue weighted by Gasteiger charge is 2.25. The molecule has 0 heterocycles. The van der Waals surface area contributed by atoms with Crippen molar-refractivity contribution in [3.05, 3.63) is 82.0 Å². The number of aryl methyl sites for hydroxylation is 1. The number of anilines is 1. The number of hydrogen-bond acceptors (Lipinski definition) is 4. The largest absolute Gasteiger partial charge is 0.372 e. The Balaban J connectivity index is 1.94. The van der Waals surface area contributed by atoms with Crippen molar-refractivity contribution in [1.82, 2.24) is 5.32 Å². The molecule has 0 aliphatic heterocycles. The summed E-state index contributed by atoms with van der Waals surface area (Å²) in [5.74, 6) is -0.792. The normalized spacial score (nSPS) is 15.2. The summed E-state index contributed by atoms with van der Waals surface area (Å²) in [6, 6.07) is 14.8. The highest BCUT2D eigenvalue weighted by atomic mass is 35.5. The third-order valence-electron chi connectivity index (χ3n) is 5.27. The van der Waals surface area contributed by atoms with Crippen molar-refractivity contribution in [2.75, 3.05) is 18.0 Å². The van der Waals surface area contributed by atoms with Gasteiger partial charge in [0.15, 0.2) is 0 Å². The fraction of sp³-hybridized carbons (Fsp3) is 0.240. The number of aliphatic imine (C=N–C) groups is 1. The molecule has 1 amide bonds. The van der Waals surface area contributed by atoms with E-state index < -0.39 is 5.78 Å². The lowest BCUT2D eigenvalue weighted by Gasteiger charge is -2.22. The van der Waals surface area contributed by atoms with E-state index in [1.807, 2.05) is 25.1 Å². The van der Waals surface area contributed by atoms with Crippen molar-refractivity contribution >= 4 is 40.4 Å². The molecule has 1 aliphatic rings. The maximum atomic E-state index is 12.6. The van der Waals surface area contributed by atoms with Gasteiger partial charge in [0.05, 0.1) is 22.1 Å². The van der Waals surface area contributed by atoms with Gasteiger partial charge in [-0.3, -0.25) is 9.59 Å². The molecule has 0 fully saturated rings. The van der Waals surface area contributed by atoms with E-state index in [0.29, 0.717) is 16.8 Å². The Morgan fingerprint density at radius 1 is 1.06 bits per heavy atom. The predicted octanol–water partition coefficient (Wildman–Crippen LogP) is 5.32. The summed E-state index contributed by atoms with van der Waals surface area (Å²) in [6.07, 6.45) is 1.59. The second kappa shape index (κ2) is 9.75. The molecule has 0 bridgehead atoms. The number of hydrogen-bond donors (Lipinski definition) is 1. The van der Waals surface area contributed by atoms with Gasteiger partial charge in [-0.1, -0.05) is 29.8 Å². The zero-order chi connectivity index (χ0) is 22.5. The first kappa shape index (κ1) is 22.5. The third kappa shape index (κ3) is 4.94. The average Bonchev–Trinajstić information content (AvgIpc) is 2.78. The SMILES string of the molecule is CCN(CC)c1ccc(N=C2C=C(NC(=O)c3ccccc3)C(=O)C(Cl)=C2C)c(C)c1. The molecule has 3 rings (SSSR count). The molecule has 2 aromatic carbocycles. The number of ketones is 1. The van der Waals surface area contributed by atoms with E-state index >= 15 is 0 Å². The molecule has 0 spiro atoms. The van der Waals surface area contributed by atoms with Crippen LogP contribution < -0.4 is 10.2 Å². The lowest BCUT2D eigenvalue weighted by atomic mass is 10.0. The molecule has 0 saturated heterocycles. The van der Waals surface area contributed by atoms with Crippen LogP contribution in [0.15, 0.2) is 75.9 Å². The molecular formula is C25H26ClN3O2. The number of Topliss-reactive ketones (excluding diaryl/α,β-unsaturated/α-hetero) is 1. The average molecular weight is 436 g/mol. The summed E-state index contributed by atoms with van der Waals surface area (Å²) in [5, 5.41) is 2.73. The van der Waals surface area contributed by atoms with Gasteiger partial charge in [0, 0.05) is 24.3 Å². The van der Waals surface area contributed by atoms with E-state index in [4.69, 9.17) is 16.6 Å². The van der Waals surface area contributed by atoms with E-state index in [2.05, 4.69) is 30.1 Å². The van der Waals surface area contributed by atoms with Crippen LogP contribution in [0.2, 0.25) is 0 Å². The Bertz CT molecular complexity index is 1100. The van der Waals surface area contributed by atoms with Crippen LogP contribution >= 0.6 is 11.6 Å². The van der Waals surface area contributed by atoms with Crippen LogP contribution in [0.4, 0.5) is 11.4 Å². The van der Waals surface area contributed by atoms with Crippen molar-refractivity contribution in [2.24, 2.45) is 4.99 Å². The molecule has 0 unspecified atom stereocenters. The molecule has 1 aliphatic carbocycles. The van der Waals surface area contributed by atoms with Crippen LogP contribution in [0.5, 0.6) is 0 Å². The molecule has 1 N–H and O–H groups in total. The molecule has 31 heavy (non-hydrogen) atoms. The minimum absolute atomic E-state index is 0.0574. The van der Waals surface area contributed by atoms with Crippen molar-refractivity contribution in [3.8, 4) is 0 Å². The topological polar surface area (TPSA) is 61.8 Å². The number of amides is 1. The van der Waals surface area contributed by atoms with Crippen molar-refractivity contribution in [2.45, 2.75) is 27.7 Å². The van der Waals surface area contributed by atoms with Gasteiger partial charge in [0.25, 0.3) is 5.91 Å². The summed E-state index contributed by atoms with van der Waals surface area (Å²) in [4.78, 5) is 32.1. The summed E-state index contributed by atoms with van der Waals surface area (Å²) in [5.41, 5.74) is 4.64. The van der Waals surface area contributed by atoms with Crippen LogP contribution in [-0.4, -0.2) is 30.5 Å². The maximum absolute atomic E-state index is 12.6. The molecule has 0 aromatic heterocycles. The number of nitrogens with one attached hydrogen (secondary N) is 1. The fourth-order valence-corrected chi connectivity index (χ4v) is 3.58. The quantitative estimate of drug-likeness (QED) is 0.624. The van der Waals surface area contributed by atoms with Gasteiger partial charge in [-0.2, -0.15) is 0 Å². The van der Waals surface area contributed by atoms with E-state index in [1.165, 1.54) is 0 Å². The monoisotopic (exact) mass is 435 g/mol. The first-order valence-corrected chi connectivity index (χ1v) is 10.7.